The fourth-order valence-corrected chi connectivity index (χ4v) is 2.62. The molecule has 0 aliphatic carbocycles. The Morgan fingerprint density at radius 3 is 2.71 bits per heavy atom. The molecule has 0 fully saturated rings. The average Bonchev–Trinajstić information content (AvgIpc) is 2.55. The highest BCUT2D eigenvalue weighted by Crippen LogP contribution is 2.21. The van der Waals surface area contributed by atoms with Crippen molar-refractivity contribution in [2.75, 3.05) is 18.4 Å². The summed E-state index contributed by atoms with van der Waals surface area (Å²) >= 11 is 12.0. The summed E-state index contributed by atoms with van der Waals surface area (Å²) in [5.74, 6) is 0.327. The van der Waals surface area contributed by atoms with E-state index >= 15 is 0 Å². The zero-order chi connectivity index (χ0) is 17.5. The molecule has 0 unspecified atom stereocenters. The predicted molar refractivity (Wildman–Crippen MR) is 100 cm³/mol. The van der Waals surface area contributed by atoms with E-state index in [2.05, 4.69) is 29.5 Å². The summed E-state index contributed by atoms with van der Waals surface area (Å²) in [7, 11) is 0. The van der Waals surface area contributed by atoms with E-state index in [0.29, 0.717) is 34.6 Å². The van der Waals surface area contributed by atoms with Crippen LogP contribution in [0.5, 0.6) is 0 Å². The van der Waals surface area contributed by atoms with Gasteiger partial charge in [0, 0.05) is 35.0 Å². The molecule has 1 aromatic carbocycles. The van der Waals surface area contributed by atoms with E-state index in [-0.39, 0.29) is 5.91 Å². The van der Waals surface area contributed by atoms with Crippen molar-refractivity contribution in [3.8, 4) is 0 Å². The van der Waals surface area contributed by atoms with Crippen molar-refractivity contribution in [1.29, 1.82) is 0 Å². The highest BCUT2D eigenvalue weighted by molar-refractivity contribution is 6.35. The molecule has 2 aromatic rings. The first-order chi connectivity index (χ1) is 11.5. The molecule has 24 heavy (non-hydrogen) atoms. The van der Waals surface area contributed by atoms with Gasteiger partial charge >= 0.3 is 0 Å². The summed E-state index contributed by atoms with van der Waals surface area (Å²) in [6, 6.07) is 8.97. The first-order valence-corrected chi connectivity index (χ1v) is 8.63. The maximum atomic E-state index is 12.2. The third kappa shape index (κ3) is 5.69. The highest BCUT2D eigenvalue weighted by atomic mass is 35.5. The van der Waals surface area contributed by atoms with Gasteiger partial charge in [-0.3, -0.25) is 9.78 Å². The van der Waals surface area contributed by atoms with Gasteiger partial charge in [0.15, 0.2) is 0 Å². The molecule has 0 spiro atoms. The number of hydrogen-bond acceptors (Lipinski definition) is 3. The van der Waals surface area contributed by atoms with Gasteiger partial charge in [-0.1, -0.05) is 43.1 Å². The van der Waals surface area contributed by atoms with Crippen molar-refractivity contribution >= 4 is 34.8 Å². The lowest BCUT2D eigenvalue weighted by molar-refractivity contribution is 0.0949. The van der Waals surface area contributed by atoms with Crippen molar-refractivity contribution < 1.29 is 4.79 Å². The van der Waals surface area contributed by atoms with Crippen LogP contribution >= 0.6 is 23.2 Å². The number of pyridine rings is 1. The molecule has 0 saturated carbocycles. The SMILES string of the molecule is CC(C)CNc1ccnc(C(=O)NCCc2ccc(Cl)cc2Cl)c1. The highest BCUT2D eigenvalue weighted by Gasteiger charge is 2.08. The summed E-state index contributed by atoms with van der Waals surface area (Å²) in [4.78, 5) is 16.3. The van der Waals surface area contributed by atoms with Gasteiger partial charge in [0.2, 0.25) is 0 Å². The summed E-state index contributed by atoms with van der Waals surface area (Å²) < 4.78 is 0. The Bertz CT molecular complexity index is 704. The van der Waals surface area contributed by atoms with Crippen LogP contribution in [0, 0.1) is 5.92 Å². The molecule has 4 nitrogen and oxygen atoms in total. The van der Waals surface area contributed by atoms with Crippen molar-refractivity contribution in [2.45, 2.75) is 20.3 Å². The Morgan fingerprint density at radius 1 is 1.21 bits per heavy atom. The molecule has 0 aliphatic heterocycles. The normalized spacial score (nSPS) is 10.7. The Morgan fingerprint density at radius 2 is 2.00 bits per heavy atom. The zero-order valence-electron chi connectivity index (χ0n) is 13.8. The molecule has 1 amide bonds. The van der Waals surface area contributed by atoms with E-state index in [1.54, 1.807) is 24.4 Å². The second kappa shape index (κ2) is 8.90. The first-order valence-electron chi connectivity index (χ1n) is 7.87. The number of halogens is 2. The van der Waals surface area contributed by atoms with Crippen LogP contribution in [0.2, 0.25) is 10.0 Å². The van der Waals surface area contributed by atoms with Crippen LogP contribution in [0.15, 0.2) is 36.5 Å². The molecule has 0 radical (unpaired) electrons. The molecular formula is C18H21Cl2N3O. The molecule has 6 heteroatoms. The van der Waals surface area contributed by atoms with Gasteiger partial charge in [0.1, 0.15) is 5.69 Å². The van der Waals surface area contributed by atoms with E-state index < -0.39 is 0 Å². The lowest BCUT2D eigenvalue weighted by Gasteiger charge is -2.10. The molecular weight excluding hydrogens is 345 g/mol. The maximum Gasteiger partial charge on any atom is 0.269 e. The van der Waals surface area contributed by atoms with Crippen molar-refractivity contribution in [2.24, 2.45) is 5.92 Å². The smallest absolute Gasteiger partial charge is 0.269 e. The maximum absolute atomic E-state index is 12.2. The monoisotopic (exact) mass is 365 g/mol. The van der Waals surface area contributed by atoms with Crippen molar-refractivity contribution in [3.05, 3.63) is 57.8 Å². The van der Waals surface area contributed by atoms with Crippen molar-refractivity contribution in [3.63, 3.8) is 0 Å². The lowest BCUT2D eigenvalue weighted by atomic mass is 10.1. The second-order valence-electron chi connectivity index (χ2n) is 5.95. The molecule has 2 N–H and O–H groups in total. The number of aromatic nitrogens is 1. The van der Waals surface area contributed by atoms with E-state index in [4.69, 9.17) is 23.2 Å². The summed E-state index contributed by atoms with van der Waals surface area (Å²) in [6.45, 7) is 5.58. The number of amides is 1. The molecule has 0 atom stereocenters. The number of rotatable bonds is 7. The molecule has 2 rings (SSSR count). The Balaban J connectivity index is 1.89. The van der Waals surface area contributed by atoms with E-state index in [0.717, 1.165) is 17.8 Å². The van der Waals surface area contributed by atoms with E-state index in [1.165, 1.54) is 0 Å². The summed E-state index contributed by atoms with van der Waals surface area (Å²) in [6.07, 6.45) is 2.26. The van der Waals surface area contributed by atoms with Gasteiger partial charge in [-0.05, 0) is 42.2 Å². The summed E-state index contributed by atoms with van der Waals surface area (Å²) in [5, 5.41) is 7.35. The number of benzene rings is 1. The van der Waals surface area contributed by atoms with Gasteiger partial charge in [-0.15, -0.1) is 0 Å². The van der Waals surface area contributed by atoms with Gasteiger partial charge in [0.05, 0.1) is 0 Å². The molecule has 128 valence electrons. The Kier molecular flexibility index (Phi) is 6.88. The van der Waals surface area contributed by atoms with Crippen LogP contribution in [0.4, 0.5) is 5.69 Å². The minimum atomic E-state index is -0.201. The fraction of sp³-hybridized carbons (Fsp3) is 0.333. The number of anilines is 1. The number of nitrogens with zero attached hydrogens (tertiary/aromatic N) is 1. The number of carbonyl (C=O) groups excluding carboxylic acids is 1. The van der Waals surface area contributed by atoms with Gasteiger partial charge in [-0.2, -0.15) is 0 Å². The van der Waals surface area contributed by atoms with Gasteiger partial charge < -0.3 is 10.6 Å². The average molecular weight is 366 g/mol. The molecule has 1 heterocycles. The zero-order valence-corrected chi connectivity index (χ0v) is 15.3. The largest absolute Gasteiger partial charge is 0.385 e. The van der Waals surface area contributed by atoms with Gasteiger partial charge in [0.25, 0.3) is 5.91 Å². The second-order valence-corrected chi connectivity index (χ2v) is 6.79. The molecule has 0 aliphatic rings. The fourth-order valence-electron chi connectivity index (χ4n) is 2.11. The number of nitrogens with one attached hydrogen (secondary N) is 2. The number of carbonyl (C=O) groups is 1. The third-order valence-corrected chi connectivity index (χ3v) is 3.99. The standard InChI is InChI=1S/C18H21Cl2N3O/c1-12(2)11-23-15-6-8-21-17(10-15)18(24)22-7-5-13-3-4-14(19)9-16(13)20/h3-4,6,8-10,12H,5,7,11H2,1-2H3,(H,21,23)(H,22,24). The van der Waals surface area contributed by atoms with Gasteiger partial charge in [-0.25, -0.2) is 0 Å². The molecule has 1 aromatic heterocycles. The third-order valence-electron chi connectivity index (χ3n) is 3.40. The van der Waals surface area contributed by atoms with Crippen LogP contribution in [0.1, 0.15) is 29.9 Å². The van der Waals surface area contributed by atoms with E-state index in [1.807, 2.05) is 12.1 Å². The van der Waals surface area contributed by atoms with E-state index in [9.17, 15) is 4.79 Å². The van der Waals surface area contributed by atoms with Crippen LogP contribution < -0.4 is 10.6 Å². The molecule has 0 bridgehead atoms. The number of hydrogen-bond donors (Lipinski definition) is 2. The van der Waals surface area contributed by atoms with Crippen LogP contribution in [-0.2, 0) is 6.42 Å². The van der Waals surface area contributed by atoms with Crippen LogP contribution in [0.3, 0.4) is 0 Å². The minimum absolute atomic E-state index is 0.201. The summed E-state index contributed by atoms with van der Waals surface area (Å²) in [5.41, 5.74) is 2.23. The Hall–Kier alpha value is -1.78. The van der Waals surface area contributed by atoms with Crippen LogP contribution in [0.25, 0.3) is 0 Å². The minimum Gasteiger partial charge on any atom is -0.385 e. The Labute approximate surface area is 152 Å². The molecule has 0 saturated heterocycles. The lowest BCUT2D eigenvalue weighted by Crippen LogP contribution is -2.26. The quantitative estimate of drug-likeness (QED) is 0.762. The first kappa shape index (κ1) is 18.6. The topological polar surface area (TPSA) is 54.0 Å². The van der Waals surface area contributed by atoms with Crippen molar-refractivity contribution in [1.82, 2.24) is 10.3 Å². The predicted octanol–water partition coefficient (Wildman–Crippen LogP) is 4.43. The van der Waals surface area contributed by atoms with Crippen LogP contribution in [-0.4, -0.2) is 24.0 Å².